The summed E-state index contributed by atoms with van der Waals surface area (Å²) in [6, 6.07) is 11.6. The number of hydrogen-bond acceptors (Lipinski definition) is 7. The molecular weight excluding hydrogens is 412 g/mol. The summed E-state index contributed by atoms with van der Waals surface area (Å²) in [6.45, 7) is 1.60. The van der Waals surface area contributed by atoms with Gasteiger partial charge in [0.05, 0.1) is 21.2 Å². The number of nitrogens with one attached hydrogen (secondary N) is 1. The van der Waals surface area contributed by atoms with Crippen LogP contribution in [0.1, 0.15) is 16.2 Å². The van der Waals surface area contributed by atoms with E-state index < -0.39 is 20.9 Å². The minimum Gasteiger partial charge on any atom is -0.320 e. The molecule has 0 bridgehead atoms. The van der Waals surface area contributed by atoms with Crippen LogP contribution in [0.15, 0.2) is 53.4 Å². The molecule has 2 aromatic carbocycles. The fourth-order valence-corrected chi connectivity index (χ4v) is 3.61. The van der Waals surface area contributed by atoms with Crippen LogP contribution in [0.25, 0.3) is 5.69 Å². The third-order valence-electron chi connectivity index (χ3n) is 4.27. The number of hydrogen-bond donors (Lipinski definition) is 1. The fraction of sp³-hybridized carbons (Fsp3) is 0.167. The van der Waals surface area contributed by atoms with Gasteiger partial charge in [-0.05, 0) is 31.2 Å². The maximum Gasteiger partial charge on any atom is 0.278 e. The van der Waals surface area contributed by atoms with E-state index in [2.05, 4.69) is 15.6 Å². The maximum absolute atomic E-state index is 12.7. The van der Waals surface area contributed by atoms with Gasteiger partial charge in [0.15, 0.2) is 5.69 Å². The Bertz CT molecular complexity index is 1240. The summed E-state index contributed by atoms with van der Waals surface area (Å²) in [6.07, 6.45) is 0. The molecule has 0 aliphatic heterocycles. The number of benzene rings is 2. The molecule has 30 heavy (non-hydrogen) atoms. The first kappa shape index (κ1) is 21.1. The van der Waals surface area contributed by atoms with Crippen LogP contribution in [0.4, 0.5) is 11.4 Å². The predicted octanol–water partition coefficient (Wildman–Crippen LogP) is 1.99. The molecule has 3 rings (SSSR count). The average molecular weight is 430 g/mol. The van der Waals surface area contributed by atoms with Gasteiger partial charge in [-0.15, -0.1) is 5.10 Å². The number of nitro benzene ring substituents is 1. The summed E-state index contributed by atoms with van der Waals surface area (Å²) < 4.78 is 26.9. The molecule has 0 saturated heterocycles. The molecule has 0 saturated carbocycles. The molecule has 0 aliphatic rings. The maximum atomic E-state index is 12.7. The van der Waals surface area contributed by atoms with Crippen LogP contribution in [0.5, 0.6) is 0 Å². The van der Waals surface area contributed by atoms with Gasteiger partial charge in [0.1, 0.15) is 0 Å². The van der Waals surface area contributed by atoms with Crippen LogP contribution in [0, 0.1) is 17.0 Å². The smallest absolute Gasteiger partial charge is 0.278 e. The SMILES string of the molecule is Cc1c(C(=O)Nc2cccc(S(=O)(=O)N(C)C)c2)nnn1-c1cccc([N+](=O)[O-])c1. The van der Waals surface area contributed by atoms with Gasteiger partial charge < -0.3 is 5.32 Å². The number of amides is 1. The zero-order valence-electron chi connectivity index (χ0n) is 16.3. The van der Waals surface area contributed by atoms with Gasteiger partial charge in [-0.3, -0.25) is 14.9 Å². The normalized spacial score (nSPS) is 11.5. The lowest BCUT2D eigenvalue weighted by molar-refractivity contribution is -0.384. The van der Waals surface area contributed by atoms with E-state index in [1.165, 1.54) is 55.2 Å². The molecule has 0 fully saturated rings. The van der Waals surface area contributed by atoms with Crippen molar-refractivity contribution in [2.75, 3.05) is 19.4 Å². The third kappa shape index (κ3) is 4.04. The highest BCUT2D eigenvalue weighted by molar-refractivity contribution is 7.89. The Kier molecular flexibility index (Phi) is 5.62. The molecule has 1 heterocycles. The van der Waals surface area contributed by atoms with Crippen molar-refractivity contribution in [1.82, 2.24) is 19.3 Å². The van der Waals surface area contributed by atoms with Crippen LogP contribution < -0.4 is 5.32 Å². The van der Waals surface area contributed by atoms with E-state index in [1.807, 2.05) is 0 Å². The molecule has 0 aliphatic carbocycles. The standard InChI is InChI=1S/C18H18N6O5S/c1-12-17(20-21-23(12)14-7-5-8-15(11-14)24(26)27)18(25)19-13-6-4-9-16(10-13)30(28,29)22(2)3/h4-11H,1-3H3,(H,19,25). The van der Waals surface area contributed by atoms with E-state index in [0.717, 1.165) is 4.31 Å². The van der Waals surface area contributed by atoms with Crippen molar-refractivity contribution in [3.8, 4) is 5.69 Å². The van der Waals surface area contributed by atoms with Crippen molar-refractivity contribution in [3.05, 3.63) is 70.0 Å². The zero-order chi connectivity index (χ0) is 22.1. The topological polar surface area (TPSA) is 140 Å². The summed E-state index contributed by atoms with van der Waals surface area (Å²) >= 11 is 0. The van der Waals surface area contributed by atoms with Crippen molar-refractivity contribution in [2.24, 2.45) is 0 Å². The Hall–Kier alpha value is -3.64. The van der Waals surface area contributed by atoms with E-state index in [-0.39, 0.29) is 22.0 Å². The lowest BCUT2D eigenvalue weighted by Gasteiger charge is -2.12. The van der Waals surface area contributed by atoms with Crippen molar-refractivity contribution in [2.45, 2.75) is 11.8 Å². The number of anilines is 1. The first-order chi connectivity index (χ1) is 14.1. The number of carbonyl (C=O) groups is 1. The number of non-ortho nitro benzene ring substituents is 1. The number of nitro groups is 1. The summed E-state index contributed by atoms with van der Waals surface area (Å²) in [5.41, 5.74) is 0.902. The van der Waals surface area contributed by atoms with Crippen LogP contribution in [-0.4, -0.2) is 52.6 Å². The van der Waals surface area contributed by atoms with E-state index in [4.69, 9.17) is 0 Å². The number of rotatable bonds is 6. The number of sulfonamides is 1. The molecule has 0 radical (unpaired) electrons. The minimum absolute atomic E-state index is 0.00220. The molecule has 1 aromatic heterocycles. The highest BCUT2D eigenvalue weighted by Gasteiger charge is 2.21. The lowest BCUT2D eigenvalue weighted by Crippen LogP contribution is -2.22. The van der Waals surface area contributed by atoms with E-state index in [0.29, 0.717) is 11.4 Å². The largest absolute Gasteiger partial charge is 0.320 e. The second kappa shape index (κ2) is 8.00. The molecule has 12 heteroatoms. The molecule has 0 spiro atoms. The van der Waals surface area contributed by atoms with Gasteiger partial charge in [-0.2, -0.15) is 0 Å². The Morgan fingerprint density at radius 1 is 1.17 bits per heavy atom. The van der Waals surface area contributed by atoms with Crippen LogP contribution >= 0.6 is 0 Å². The Morgan fingerprint density at radius 3 is 2.53 bits per heavy atom. The first-order valence-corrected chi connectivity index (χ1v) is 10.1. The van der Waals surface area contributed by atoms with Gasteiger partial charge in [-0.25, -0.2) is 17.4 Å². The fourth-order valence-electron chi connectivity index (χ4n) is 2.66. The summed E-state index contributed by atoms with van der Waals surface area (Å²) in [7, 11) is -0.830. The second-order valence-electron chi connectivity index (χ2n) is 6.48. The first-order valence-electron chi connectivity index (χ1n) is 8.62. The zero-order valence-corrected chi connectivity index (χ0v) is 17.1. The predicted molar refractivity (Wildman–Crippen MR) is 108 cm³/mol. The number of aromatic nitrogens is 3. The van der Waals surface area contributed by atoms with Crippen molar-refractivity contribution >= 4 is 27.3 Å². The molecule has 1 amide bonds. The Labute approximate surface area is 172 Å². The van der Waals surface area contributed by atoms with Crippen LogP contribution in [-0.2, 0) is 10.0 Å². The Balaban J connectivity index is 1.88. The average Bonchev–Trinajstić information content (AvgIpc) is 3.09. The summed E-state index contributed by atoms with van der Waals surface area (Å²) in [5.74, 6) is -0.594. The molecule has 0 atom stereocenters. The number of nitrogens with zero attached hydrogens (tertiary/aromatic N) is 5. The number of carbonyl (C=O) groups excluding carboxylic acids is 1. The van der Waals surface area contributed by atoms with Crippen molar-refractivity contribution < 1.29 is 18.1 Å². The van der Waals surface area contributed by atoms with Gasteiger partial charge in [0, 0.05) is 31.9 Å². The Morgan fingerprint density at radius 2 is 1.87 bits per heavy atom. The monoisotopic (exact) mass is 430 g/mol. The highest BCUT2D eigenvalue weighted by atomic mass is 32.2. The molecule has 156 valence electrons. The third-order valence-corrected chi connectivity index (χ3v) is 6.08. The second-order valence-corrected chi connectivity index (χ2v) is 8.63. The van der Waals surface area contributed by atoms with Gasteiger partial charge in [0.2, 0.25) is 10.0 Å². The van der Waals surface area contributed by atoms with E-state index >= 15 is 0 Å². The van der Waals surface area contributed by atoms with Gasteiger partial charge >= 0.3 is 0 Å². The van der Waals surface area contributed by atoms with Crippen LogP contribution in [0.2, 0.25) is 0 Å². The van der Waals surface area contributed by atoms with Crippen LogP contribution in [0.3, 0.4) is 0 Å². The lowest BCUT2D eigenvalue weighted by atomic mass is 10.2. The highest BCUT2D eigenvalue weighted by Crippen LogP contribution is 2.21. The van der Waals surface area contributed by atoms with Gasteiger partial charge in [0.25, 0.3) is 11.6 Å². The molecule has 0 unspecified atom stereocenters. The molecule has 3 aromatic rings. The van der Waals surface area contributed by atoms with Crippen molar-refractivity contribution in [3.63, 3.8) is 0 Å². The minimum atomic E-state index is -3.66. The summed E-state index contributed by atoms with van der Waals surface area (Å²) in [4.78, 5) is 23.1. The van der Waals surface area contributed by atoms with E-state index in [9.17, 15) is 23.3 Å². The van der Waals surface area contributed by atoms with Crippen molar-refractivity contribution in [1.29, 1.82) is 0 Å². The van der Waals surface area contributed by atoms with E-state index in [1.54, 1.807) is 19.1 Å². The van der Waals surface area contributed by atoms with Gasteiger partial charge in [-0.1, -0.05) is 17.3 Å². The summed E-state index contributed by atoms with van der Waals surface area (Å²) in [5, 5.41) is 21.4. The molecule has 1 N–H and O–H groups in total. The molecule has 11 nitrogen and oxygen atoms in total. The molecular formula is C18H18N6O5S. The quantitative estimate of drug-likeness (QED) is 0.466.